The van der Waals surface area contributed by atoms with Crippen LogP contribution in [0, 0.1) is 5.92 Å². The maximum atomic E-state index is 12.2. The lowest BCUT2D eigenvalue weighted by molar-refractivity contribution is -0.665. The van der Waals surface area contributed by atoms with Crippen LogP contribution in [0.4, 0.5) is 0 Å². The maximum Gasteiger partial charge on any atom is 0.306 e. The Morgan fingerprint density at radius 2 is 1.43 bits per heavy atom. The largest absolute Gasteiger partial charge is 0.459 e. The molecule has 174 valence electrons. The predicted molar refractivity (Wildman–Crippen MR) is 129 cm³/mol. The molecule has 2 N–H and O–H groups in total. The number of rotatable bonds is 17. The molecule has 30 heavy (non-hydrogen) atoms. The van der Waals surface area contributed by atoms with Gasteiger partial charge in [-0.1, -0.05) is 69.8 Å². The Kier molecular flexibility index (Phi) is 15.8. The van der Waals surface area contributed by atoms with Gasteiger partial charge in [0.2, 0.25) is 0 Å². The zero-order valence-electron chi connectivity index (χ0n) is 20.3. The molecule has 0 spiro atoms. The van der Waals surface area contributed by atoms with E-state index in [-0.39, 0.29) is 11.6 Å². The van der Waals surface area contributed by atoms with E-state index >= 15 is 0 Å². The van der Waals surface area contributed by atoms with Gasteiger partial charge in [0.1, 0.15) is 5.60 Å². The molecule has 0 aromatic heterocycles. The van der Waals surface area contributed by atoms with Crippen molar-refractivity contribution >= 4 is 5.97 Å². The minimum absolute atomic E-state index is 0.000830. The van der Waals surface area contributed by atoms with Crippen molar-refractivity contribution in [2.75, 3.05) is 13.1 Å². The molecule has 0 atom stereocenters. The van der Waals surface area contributed by atoms with Crippen LogP contribution in [0.3, 0.4) is 0 Å². The second kappa shape index (κ2) is 17.6. The van der Waals surface area contributed by atoms with Gasteiger partial charge in [-0.15, -0.1) is 0 Å². The monoisotopic (exact) mass is 420 g/mol. The molecule has 0 amide bonds. The summed E-state index contributed by atoms with van der Waals surface area (Å²) in [6.07, 6.45) is 26.9. The quantitative estimate of drug-likeness (QED) is 0.166. The maximum absolute atomic E-state index is 12.2. The Morgan fingerprint density at radius 3 is 2.07 bits per heavy atom. The average Bonchev–Trinajstić information content (AvgIpc) is 2.73. The van der Waals surface area contributed by atoms with Gasteiger partial charge in [0, 0.05) is 25.2 Å². The topological polar surface area (TPSA) is 42.9 Å². The van der Waals surface area contributed by atoms with Crippen LogP contribution < -0.4 is 5.32 Å². The number of hydrogen-bond acceptors (Lipinski definition) is 2. The summed E-state index contributed by atoms with van der Waals surface area (Å²) in [7, 11) is 0. The van der Waals surface area contributed by atoms with E-state index in [1.807, 2.05) is 0 Å². The average molecular weight is 421 g/mol. The highest BCUT2D eigenvalue weighted by molar-refractivity contribution is 5.69. The third-order valence-corrected chi connectivity index (χ3v) is 6.38. The van der Waals surface area contributed by atoms with E-state index in [0.29, 0.717) is 12.3 Å². The molecule has 0 radical (unpaired) electrons. The number of carbonyl (C=O) groups excluding carboxylic acids is 1. The van der Waals surface area contributed by atoms with Crippen molar-refractivity contribution in [2.24, 2.45) is 5.92 Å². The number of ether oxygens (including phenoxy) is 1. The number of carbonyl (C=O) groups is 1. The molecule has 3 heteroatoms. The van der Waals surface area contributed by atoms with E-state index in [2.05, 4.69) is 50.4 Å². The Bertz CT molecular complexity index is 475. The minimum Gasteiger partial charge on any atom is -0.459 e. The first-order chi connectivity index (χ1) is 14.6. The highest BCUT2D eigenvalue weighted by atomic mass is 16.6. The lowest BCUT2D eigenvalue weighted by Gasteiger charge is -2.35. The third kappa shape index (κ3) is 14.0. The van der Waals surface area contributed by atoms with Crippen LogP contribution in [-0.2, 0) is 9.53 Å². The van der Waals surface area contributed by atoms with Gasteiger partial charge >= 0.3 is 5.97 Å². The van der Waals surface area contributed by atoms with Crippen molar-refractivity contribution < 1.29 is 14.8 Å². The fraction of sp³-hybridized carbons (Fsp3) is 0.815. The van der Waals surface area contributed by atoms with E-state index < -0.39 is 0 Å². The molecule has 0 aromatic carbocycles. The van der Waals surface area contributed by atoms with Gasteiger partial charge in [0.15, 0.2) is 0 Å². The highest BCUT2D eigenvalue weighted by Gasteiger charge is 2.35. The molecule has 1 saturated heterocycles. The number of nitrogens with two attached hydrogens (primary N) is 1. The lowest BCUT2D eigenvalue weighted by atomic mass is 9.83. The van der Waals surface area contributed by atoms with Crippen molar-refractivity contribution in [3.8, 4) is 0 Å². The van der Waals surface area contributed by atoms with Gasteiger partial charge in [0.05, 0.1) is 13.1 Å². The number of allylic oxidation sites excluding steroid dienone is 4. The van der Waals surface area contributed by atoms with Crippen molar-refractivity contribution in [2.45, 2.75) is 123 Å². The second-order valence-corrected chi connectivity index (χ2v) is 9.55. The van der Waals surface area contributed by atoms with Crippen molar-refractivity contribution in [1.29, 1.82) is 0 Å². The van der Waals surface area contributed by atoms with Crippen molar-refractivity contribution in [1.82, 2.24) is 0 Å². The molecule has 0 bridgehead atoms. The molecule has 1 rings (SSSR count). The van der Waals surface area contributed by atoms with E-state index in [4.69, 9.17) is 4.74 Å². The molecule has 0 unspecified atom stereocenters. The van der Waals surface area contributed by atoms with Crippen LogP contribution in [0.1, 0.15) is 117 Å². The van der Waals surface area contributed by atoms with Gasteiger partial charge in [-0.3, -0.25) is 4.79 Å². The van der Waals surface area contributed by atoms with Gasteiger partial charge < -0.3 is 10.1 Å². The third-order valence-electron chi connectivity index (χ3n) is 6.38. The Balaban J connectivity index is 1.92. The summed E-state index contributed by atoms with van der Waals surface area (Å²) < 4.78 is 5.84. The van der Waals surface area contributed by atoms with E-state index in [9.17, 15) is 4.79 Å². The van der Waals surface area contributed by atoms with E-state index in [1.54, 1.807) is 0 Å². The number of hydrogen-bond donors (Lipinski definition) is 1. The SMILES string of the molecule is CCCCC/C=C/C/C=C\CCCCCCCCC(=O)OC(C)(C)C1CC[NH2+]CC1. The number of esters is 1. The molecule has 1 aliphatic rings. The standard InChI is InChI=1S/C27H49NO2/c1-4-5-6-7-8-9-10-11-12-13-14-15-16-17-18-19-20-26(29)30-27(2,3)25-21-23-28-24-22-25/h8-9,11-12,25,28H,4-7,10,13-24H2,1-3H3/p+1/b9-8+,12-11-. The minimum atomic E-state index is -0.302. The highest BCUT2D eigenvalue weighted by Crippen LogP contribution is 2.28. The fourth-order valence-electron chi connectivity index (χ4n) is 4.31. The molecule has 1 aliphatic heterocycles. The number of piperidine rings is 1. The predicted octanol–water partition coefficient (Wildman–Crippen LogP) is 6.49. The van der Waals surface area contributed by atoms with Gasteiger partial charge in [0.25, 0.3) is 0 Å². The Morgan fingerprint density at radius 1 is 0.867 bits per heavy atom. The van der Waals surface area contributed by atoms with Crippen LogP contribution in [-0.4, -0.2) is 24.7 Å². The Labute approximate surface area is 187 Å². The molecule has 0 aromatic rings. The normalized spacial score (nSPS) is 16.0. The summed E-state index contributed by atoms with van der Waals surface area (Å²) in [5, 5.41) is 2.36. The van der Waals surface area contributed by atoms with Crippen LogP contribution in [0.5, 0.6) is 0 Å². The van der Waals surface area contributed by atoms with Gasteiger partial charge in [-0.2, -0.15) is 0 Å². The van der Waals surface area contributed by atoms with E-state index in [1.165, 1.54) is 57.8 Å². The van der Waals surface area contributed by atoms with E-state index in [0.717, 1.165) is 45.2 Å². The smallest absolute Gasteiger partial charge is 0.306 e. The van der Waals surface area contributed by atoms with Crippen LogP contribution in [0.15, 0.2) is 24.3 Å². The first-order valence-electron chi connectivity index (χ1n) is 12.9. The van der Waals surface area contributed by atoms with Crippen LogP contribution >= 0.6 is 0 Å². The number of quaternary nitrogens is 1. The zero-order valence-corrected chi connectivity index (χ0v) is 20.3. The molecular formula is C27H50NO2+. The van der Waals surface area contributed by atoms with Crippen molar-refractivity contribution in [3.05, 3.63) is 24.3 Å². The summed E-state index contributed by atoms with van der Waals surface area (Å²) in [4.78, 5) is 12.2. The molecule has 1 fully saturated rings. The fourth-order valence-corrected chi connectivity index (χ4v) is 4.31. The summed E-state index contributed by atoms with van der Waals surface area (Å²) in [6, 6.07) is 0. The molecule has 0 saturated carbocycles. The molecule has 1 heterocycles. The molecule has 0 aliphatic carbocycles. The molecular weight excluding hydrogens is 370 g/mol. The summed E-state index contributed by atoms with van der Waals surface area (Å²) in [6.45, 7) is 8.77. The van der Waals surface area contributed by atoms with Gasteiger partial charge in [-0.25, -0.2) is 0 Å². The van der Waals surface area contributed by atoms with Gasteiger partial charge in [-0.05, 0) is 52.4 Å². The van der Waals surface area contributed by atoms with Crippen molar-refractivity contribution in [3.63, 3.8) is 0 Å². The summed E-state index contributed by atoms with van der Waals surface area (Å²) >= 11 is 0. The first kappa shape index (κ1) is 26.9. The lowest BCUT2D eigenvalue weighted by Crippen LogP contribution is -2.86. The zero-order chi connectivity index (χ0) is 21.9. The summed E-state index contributed by atoms with van der Waals surface area (Å²) in [5.41, 5.74) is -0.302. The number of unbranched alkanes of at least 4 members (excludes halogenated alkanes) is 9. The second-order valence-electron chi connectivity index (χ2n) is 9.55. The Hall–Kier alpha value is -1.09. The van der Waals surface area contributed by atoms with Crippen LogP contribution in [0.2, 0.25) is 0 Å². The molecule has 3 nitrogen and oxygen atoms in total. The van der Waals surface area contributed by atoms with Crippen LogP contribution in [0.25, 0.3) is 0 Å². The summed E-state index contributed by atoms with van der Waals surface area (Å²) in [5.74, 6) is 0.515. The first-order valence-corrected chi connectivity index (χ1v) is 12.9.